The Labute approximate surface area is 104 Å². The van der Waals surface area contributed by atoms with Crippen molar-refractivity contribution in [3.63, 3.8) is 0 Å². The van der Waals surface area contributed by atoms with Crippen molar-refractivity contribution < 1.29 is 4.74 Å². The van der Waals surface area contributed by atoms with Crippen molar-refractivity contribution >= 4 is 0 Å². The molecule has 0 radical (unpaired) electrons. The van der Waals surface area contributed by atoms with Crippen molar-refractivity contribution in [1.29, 1.82) is 0 Å². The standard InChI is InChI=1S/C14H24N2O/c1-4-11-6-8-12(9-7-11)10-13(16-15)14(5-2)17-3/h6-9,13-14,16H,4-5,10,15H2,1-3H3. The lowest BCUT2D eigenvalue weighted by atomic mass is 9.99. The Kier molecular flexibility index (Phi) is 6.19. The van der Waals surface area contributed by atoms with E-state index < -0.39 is 0 Å². The number of hydrogen-bond donors (Lipinski definition) is 2. The summed E-state index contributed by atoms with van der Waals surface area (Å²) in [6, 6.07) is 8.86. The zero-order valence-electron chi connectivity index (χ0n) is 11.1. The van der Waals surface area contributed by atoms with Crippen molar-refractivity contribution in [3.8, 4) is 0 Å². The van der Waals surface area contributed by atoms with E-state index in [0.717, 1.165) is 19.3 Å². The van der Waals surface area contributed by atoms with Crippen molar-refractivity contribution in [2.45, 2.75) is 45.3 Å². The largest absolute Gasteiger partial charge is 0.380 e. The molecule has 2 atom stereocenters. The Bertz CT molecular complexity index is 307. The highest BCUT2D eigenvalue weighted by Gasteiger charge is 2.18. The number of hydrazine groups is 1. The molecule has 3 heteroatoms. The second-order valence-corrected chi connectivity index (χ2v) is 4.33. The topological polar surface area (TPSA) is 47.3 Å². The zero-order valence-corrected chi connectivity index (χ0v) is 11.1. The highest BCUT2D eigenvalue weighted by atomic mass is 16.5. The summed E-state index contributed by atoms with van der Waals surface area (Å²) in [5.74, 6) is 5.60. The van der Waals surface area contributed by atoms with Gasteiger partial charge >= 0.3 is 0 Å². The highest BCUT2D eigenvalue weighted by molar-refractivity contribution is 5.23. The van der Waals surface area contributed by atoms with Gasteiger partial charge in [0.05, 0.1) is 12.1 Å². The third kappa shape index (κ3) is 4.11. The molecule has 0 aliphatic carbocycles. The molecule has 1 aromatic carbocycles. The van der Waals surface area contributed by atoms with Gasteiger partial charge in [0.2, 0.25) is 0 Å². The first-order valence-corrected chi connectivity index (χ1v) is 6.31. The summed E-state index contributed by atoms with van der Waals surface area (Å²) in [5.41, 5.74) is 5.51. The molecular weight excluding hydrogens is 212 g/mol. The van der Waals surface area contributed by atoms with Crippen LogP contribution in [0, 0.1) is 0 Å². The SMILES string of the molecule is CCc1ccc(CC(NN)C(CC)OC)cc1. The van der Waals surface area contributed by atoms with Crippen LogP contribution in [0.4, 0.5) is 0 Å². The second kappa shape index (κ2) is 7.43. The molecule has 0 aliphatic heterocycles. The van der Waals surface area contributed by atoms with E-state index in [2.05, 4.69) is 43.5 Å². The minimum Gasteiger partial charge on any atom is -0.380 e. The van der Waals surface area contributed by atoms with Gasteiger partial charge in [-0.05, 0) is 30.4 Å². The number of aryl methyl sites for hydroxylation is 1. The number of ether oxygens (including phenoxy) is 1. The molecule has 2 unspecified atom stereocenters. The summed E-state index contributed by atoms with van der Waals surface area (Å²) < 4.78 is 5.43. The van der Waals surface area contributed by atoms with Gasteiger partial charge in [0.1, 0.15) is 0 Å². The summed E-state index contributed by atoms with van der Waals surface area (Å²) in [6.07, 6.45) is 3.09. The molecule has 96 valence electrons. The number of rotatable bonds is 7. The van der Waals surface area contributed by atoms with Crippen LogP contribution in [-0.4, -0.2) is 19.3 Å². The Hall–Kier alpha value is -0.900. The number of methoxy groups -OCH3 is 1. The minimum atomic E-state index is 0.158. The van der Waals surface area contributed by atoms with E-state index in [1.54, 1.807) is 7.11 Å². The normalized spacial score (nSPS) is 14.6. The number of nitrogens with one attached hydrogen (secondary N) is 1. The van der Waals surface area contributed by atoms with Crippen LogP contribution in [0.3, 0.4) is 0 Å². The van der Waals surface area contributed by atoms with Gasteiger partial charge in [0.15, 0.2) is 0 Å². The first kappa shape index (κ1) is 14.2. The summed E-state index contributed by atoms with van der Waals surface area (Å²) >= 11 is 0. The maximum atomic E-state index is 5.60. The smallest absolute Gasteiger partial charge is 0.0738 e. The van der Waals surface area contributed by atoms with E-state index in [4.69, 9.17) is 10.6 Å². The lowest BCUT2D eigenvalue weighted by Gasteiger charge is -2.24. The average Bonchev–Trinajstić information content (AvgIpc) is 2.39. The van der Waals surface area contributed by atoms with Gasteiger partial charge in [-0.25, -0.2) is 0 Å². The van der Waals surface area contributed by atoms with Crippen LogP contribution in [0.15, 0.2) is 24.3 Å². The molecule has 17 heavy (non-hydrogen) atoms. The summed E-state index contributed by atoms with van der Waals surface area (Å²) in [6.45, 7) is 4.27. The quantitative estimate of drug-likeness (QED) is 0.562. The molecule has 0 fully saturated rings. The molecule has 3 N–H and O–H groups in total. The Morgan fingerprint density at radius 3 is 2.18 bits per heavy atom. The predicted molar refractivity (Wildman–Crippen MR) is 71.7 cm³/mol. The molecule has 0 bridgehead atoms. The molecule has 0 spiro atoms. The fraction of sp³-hybridized carbons (Fsp3) is 0.571. The van der Waals surface area contributed by atoms with Crippen LogP contribution < -0.4 is 11.3 Å². The maximum Gasteiger partial charge on any atom is 0.0738 e. The van der Waals surface area contributed by atoms with Crippen LogP contribution >= 0.6 is 0 Å². The van der Waals surface area contributed by atoms with Crippen molar-refractivity contribution in [3.05, 3.63) is 35.4 Å². The van der Waals surface area contributed by atoms with E-state index in [-0.39, 0.29) is 12.1 Å². The van der Waals surface area contributed by atoms with Crippen molar-refractivity contribution in [2.75, 3.05) is 7.11 Å². The lowest BCUT2D eigenvalue weighted by Crippen LogP contribution is -2.46. The van der Waals surface area contributed by atoms with Crippen molar-refractivity contribution in [1.82, 2.24) is 5.43 Å². The third-order valence-corrected chi connectivity index (χ3v) is 3.25. The van der Waals surface area contributed by atoms with E-state index in [9.17, 15) is 0 Å². The van der Waals surface area contributed by atoms with E-state index >= 15 is 0 Å². The van der Waals surface area contributed by atoms with Crippen molar-refractivity contribution in [2.24, 2.45) is 5.84 Å². The molecule has 3 nitrogen and oxygen atoms in total. The third-order valence-electron chi connectivity index (χ3n) is 3.25. The Balaban J connectivity index is 2.66. The van der Waals surface area contributed by atoms with Crippen LogP contribution in [0.2, 0.25) is 0 Å². The molecule has 0 aliphatic rings. The average molecular weight is 236 g/mol. The van der Waals surface area contributed by atoms with Gasteiger partial charge < -0.3 is 4.74 Å². The number of nitrogens with two attached hydrogens (primary N) is 1. The molecule has 0 aromatic heterocycles. The van der Waals surface area contributed by atoms with Crippen LogP contribution in [0.1, 0.15) is 31.4 Å². The number of benzene rings is 1. The van der Waals surface area contributed by atoms with Gasteiger partial charge in [0.25, 0.3) is 0 Å². The van der Waals surface area contributed by atoms with E-state index in [1.807, 2.05) is 0 Å². The summed E-state index contributed by atoms with van der Waals surface area (Å²) in [7, 11) is 1.73. The van der Waals surface area contributed by atoms with Gasteiger partial charge in [0, 0.05) is 7.11 Å². The molecular formula is C14H24N2O. The van der Waals surface area contributed by atoms with Gasteiger partial charge in [-0.2, -0.15) is 0 Å². The Morgan fingerprint density at radius 2 is 1.76 bits per heavy atom. The van der Waals surface area contributed by atoms with Gasteiger partial charge in [-0.1, -0.05) is 38.1 Å². The fourth-order valence-corrected chi connectivity index (χ4v) is 2.08. The van der Waals surface area contributed by atoms with Gasteiger partial charge in [-0.3, -0.25) is 11.3 Å². The molecule has 0 heterocycles. The monoisotopic (exact) mass is 236 g/mol. The zero-order chi connectivity index (χ0) is 12.7. The molecule has 0 saturated carbocycles. The molecule has 0 amide bonds. The fourth-order valence-electron chi connectivity index (χ4n) is 2.08. The first-order valence-electron chi connectivity index (χ1n) is 6.31. The van der Waals surface area contributed by atoms with E-state index in [1.165, 1.54) is 11.1 Å². The highest BCUT2D eigenvalue weighted by Crippen LogP contribution is 2.11. The van der Waals surface area contributed by atoms with Crippen LogP contribution in [0.5, 0.6) is 0 Å². The predicted octanol–water partition coefficient (Wildman–Crippen LogP) is 2.05. The summed E-state index contributed by atoms with van der Waals surface area (Å²) in [4.78, 5) is 0. The lowest BCUT2D eigenvalue weighted by molar-refractivity contribution is 0.0653. The van der Waals surface area contributed by atoms with E-state index in [0.29, 0.717) is 0 Å². The second-order valence-electron chi connectivity index (χ2n) is 4.33. The summed E-state index contributed by atoms with van der Waals surface area (Å²) in [5, 5.41) is 0. The maximum absolute atomic E-state index is 5.60. The number of hydrogen-bond acceptors (Lipinski definition) is 3. The Morgan fingerprint density at radius 1 is 1.18 bits per heavy atom. The minimum absolute atomic E-state index is 0.158. The molecule has 1 rings (SSSR count). The van der Waals surface area contributed by atoms with Gasteiger partial charge in [-0.15, -0.1) is 0 Å². The molecule has 0 saturated heterocycles. The van der Waals surface area contributed by atoms with Crippen LogP contribution in [-0.2, 0) is 17.6 Å². The van der Waals surface area contributed by atoms with Crippen LogP contribution in [0.25, 0.3) is 0 Å². The first-order chi connectivity index (χ1) is 8.24. The molecule has 1 aromatic rings.